The van der Waals surface area contributed by atoms with Crippen LogP contribution in [-0.4, -0.2) is 56.6 Å². The van der Waals surface area contributed by atoms with Crippen molar-refractivity contribution in [3.05, 3.63) is 0 Å². The first kappa shape index (κ1) is 17.7. The molecule has 0 aliphatic rings. The molecule has 0 rings (SSSR count). The van der Waals surface area contributed by atoms with Crippen LogP contribution >= 0.6 is 0 Å². The fourth-order valence-corrected chi connectivity index (χ4v) is 1.36. The van der Waals surface area contributed by atoms with Crippen LogP contribution in [0.25, 0.3) is 0 Å². The molecule has 3 N–H and O–H groups in total. The van der Waals surface area contributed by atoms with Crippen LogP contribution in [0.1, 0.15) is 20.3 Å². The van der Waals surface area contributed by atoms with E-state index in [4.69, 9.17) is 14.6 Å². The van der Waals surface area contributed by atoms with E-state index < -0.39 is 18.0 Å². The van der Waals surface area contributed by atoms with Crippen LogP contribution in [0, 0.1) is 5.92 Å². The highest BCUT2D eigenvalue weighted by Crippen LogP contribution is 2.07. The minimum Gasteiger partial charge on any atom is -0.480 e. The molecule has 2 atom stereocenters. The topological polar surface area (TPSA) is 96.9 Å². The number of hydrogen-bond acceptors (Lipinski definition) is 4. The van der Waals surface area contributed by atoms with Gasteiger partial charge in [-0.3, -0.25) is 0 Å². The van der Waals surface area contributed by atoms with Crippen molar-refractivity contribution < 1.29 is 24.2 Å². The number of ether oxygens (including phenoxy) is 2. The van der Waals surface area contributed by atoms with E-state index >= 15 is 0 Å². The predicted molar refractivity (Wildman–Crippen MR) is 70.1 cm³/mol. The fourth-order valence-electron chi connectivity index (χ4n) is 1.36. The first-order valence-corrected chi connectivity index (χ1v) is 6.36. The van der Waals surface area contributed by atoms with Gasteiger partial charge in [-0.15, -0.1) is 0 Å². The molecular formula is C12H24N2O5. The van der Waals surface area contributed by atoms with Crippen molar-refractivity contribution in [3.63, 3.8) is 0 Å². The van der Waals surface area contributed by atoms with E-state index in [0.29, 0.717) is 32.8 Å². The zero-order valence-corrected chi connectivity index (χ0v) is 11.8. The maximum Gasteiger partial charge on any atom is 0.326 e. The predicted octanol–water partition coefficient (Wildman–Crippen LogP) is 0.448. The van der Waals surface area contributed by atoms with Crippen molar-refractivity contribution in [2.24, 2.45) is 5.92 Å². The molecule has 0 heterocycles. The summed E-state index contributed by atoms with van der Waals surface area (Å²) in [6.07, 6.45) is 0.678. The van der Waals surface area contributed by atoms with Gasteiger partial charge < -0.3 is 25.2 Å². The third-order valence-corrected chi connectivity index (χ3v) is 2.73. The number of amides is 2. The van der Waals surface area contributed by atoms with Gasteiger partial charge in [-0.05, 0) is 5.92 Å². The molecule has 7 heteroatoms. The minimum absolute atomic E-state index is 0.124. The normalized spacial score (nSPS) is 13.6. The molecule has 0 aromatic rings. The van der Waals surface area contributed by atoms with Crippen molar-refractivity contribution in [1.29, 1.82) is 0 Å². The standard InChI is InChI=1S/C12H24N2O5/c1-4-9(2)10(11(15)16)14-12(17)13-5-6-19-8-7-18-3/h9-10H,4-8H2,1-3H3,(H,15,16)(H2,13,14,17)/t9-,10-/m0/s1. The van der Waals surface area contributed by atoms with Crippen LogP contribution in [0.2, 0.25) is 0 Å². The van der Waals surface area contributed by atoms with Crippen molar-refractivity contribution in [1.82, 2.24) is 10.6 Å². The SMILES string of the molecule is CC[C@H](C)[C@H](NC(=O)NCCOCCOC)C(=O)O. The molecule has 0 radical (unpaired) electrons. The largest absolute Gasteiger partial charge is 0.480 e. The lowest BCUT2D eigenvalue weighted by molar-refractivity contribution is -0.140. The Morgan fingerprint density at radius 2 is 1.95 bits per heavy atom. The van der Waals surface area contributed by atoms with Gasteiger partial charge in [-0.2, -0.15) is 0 Å². The summed E-state index contributed by atoms with van der Waals surface area (Å²) in [4.78, 5) is 22.5. The highest BCUT2D eigenvalue weighted by Gasteiger charge is 2.24. The van der Waals surface area contributed by atoms with Gasteiger partial charge in [0.1, 0.15) is 6.04 Å². The van der Waals surface area contributed by atoms with Gasteiger partial charge in [0.25, 0.3) is 0 Å². The number of rotatable bonds is 10. The lowest BCUT2D eigenvalue weighted by atomic mass is 9.99. The smallest absolute Gasteiger partial charge is 0.326 e. The molecule has 112 valence electrons. The van der Waals surface area contributed by atoms with Gasteiger partial charge in [-0.1, -0.05) is 20.3 Å². The van der Waals surface area contributed by atoms with E-state index in [1.54, 1.807) is 14.0 Å². The van der Waals surface area contributed by atoms with Crippen LogP contribution < -0.4 is 10.6 Å². The second-order valence-corrected chi connectivity index (χ2v) is 4.21. The summed E-state index contributed by atoms with van der Waals surface area (Å²) >= 11 is 0. The van der Waals surface area contributed by atoms with E-state index in [1.165, 1.54) is 0 Å². The molecule has 0 aliphatic carbocycles. The van der Waals surface area contributed by atoms with E-state index in [2.05, 4.69) is 10.6 Å². The molecule has 2 amide bonds. The number of urea groups is 1. The quantitative estimate of drug-likeness (QED) is 0.503. The monoisotopic (exact) mass is 276 g/mol. The minimum atomic E-state index is -1.03. The molecule has 0 unspecified atom stereocenters. The third kappa shape index (κ3) is 8.39. The van der Waals surface area contributed by atoms with Crippen molar-refractivity contribution in [2.45, 2.75) is 26.3 Å². The highest BCUT2D eigenvalue weighted by molar-refractivity contribution is 5.82. The van der Waals surface area contributed by atoms with E-state index in [9.17, 15) is 9.59 Å². The fraction of sp³-hybridized carbons (Fsp3) is 0.833. The number of carboxylic acid groups (broad SMARTS) is 1. The van der Waals surface area contributed by atoms with Gasteiger partial charge in [-0.25, -0.2) is 9.59 Å². The number of nitrogens with one attached hydrogen (secondary N) is 2. The molecule has 0 saturated heterocycles. The van der Waals surface area contributed by atoms with Crippen LogP contribution in [0.15, 0.2) is 0 Å². The van der Waals surface area contributed by atoms with Crippen LogP contribution in [-0.2, 0) is 14.3 Å². The summed E-state index contributed by atoms with van der Waals surface area (Å²) in [5.41, 5.74) is 0. The lowest BCUT2D eigenvalue weighted by Crippen LogP contribution is -2.49. The Morgan fingerprint density at radius 1 is 1.26 bits per heavy atom. The van der Waals surface area contributed by atoms with Gasteiger partial charge in [0.2, 0.25) is 0 Å². The van der Waals surface area contributed by atoms with E-state index in [0.717, 1.165) is 0 Å². The molecule has 0 fully saturated rings. The summed E-state index contributed by atoms with van der Waals surface area (Å²) in [6.45, 7) is 5.31. The maximum absolute atomic E-state index is 11.5. The van der Waals surface area contributed by atoms with Crippen LogP contribution in [0.5, 0.6) is 0 Å². The molecule has 0 bridgehead atoms. The number of carboxylic acids is 1. The Labute approximate surface area is 113 Å². The number of aliphatic carboxylic acids is 1. The summed E-state index contributed by atoms with van der Waals surface area (Å²) in [5, 5.41) is 14.0. The maximum atomic E-state index is 11.5. The van der Waals surface area contributed by atoms with Gasteiger partial charge in [0.15, 0.2) is 0 Å². The Bertz CT molecular complexity index is 273. The number of hydrogen-bond donors (Lipinski definition) is 3. The Morgan fingerprint density at radius 3 is 2.47 bits per heavy atom. The van der Waals surface area contributed by atoms with Gasteiger partial charge >= 0.3 is 12.0 Å². The van der Waals surface area contributed by atoms with E-state index in [1.807, 2.05) is 6.92 Å². The number of carbonyl (C=O) groups is 2. The Balaban J connectivity index is 3.85. The molecule has 0 aliphatic heterocycles. The van der Waals surface area contributed by atoms with E-state index in [-0.39, 0.29) is 5.92 Å². The summed E-state index contributed by atoms with van der Waals surface area (Å²) in [7, 11) is 1.58. The van der Waals surface area contributed by atoms with Gasteiger partial charge in [0, 0.05) is 13.7 Å². The number of carbonyl (C=O) groups excluding carboxylic acids is 1. The Kier molecular flexibility index (Phi) is 9.82. The highest BCUT2D eigenvalue weighted by atomic mass is 16.5. The van der Waals surface area contributed by atoms with Gasteiger partial charge in [0.05, 0.1) is 19.8 Å². The molecule has 19 heavy (non-hydrogen) atoms. The van der Waals surface area contributed by atoms with Crippen molar-refractivity contribution in [2.75, 3.05) is 33.5 Å². The first-order valence-electron chi connectivity index (χ1n) is 6.36. The summed E-state index contributed by atoms with van der Waals surface area (Å²) in [5.74, 6) is -1.15. The van der Waals surface area contributed by atoms with Crippen LogP contribution in [0.4, 0.5) is 4.79 Å². The second-order valence-electron chi connectivity index (χ2n) is 4.21. The average molecular weight is 276 g/mol. The first-order chi connectivity index (χ1) is 9.02. The molecule has 7 nitrogen and oxygen atoms in total. The average Bonchev–Trinajstić information content (AvgIpc) is 2.38. The third-order valence-electron chi connectivity index (χ3n) is 2.73. The second kappa shape index (κ2) is 10.6. The zero-order valence-electron chi connectivity index (χ0n) is 11.8. The molecule has 0 spiro atoms. The van der Waals surface area contributed by atoms with Crippen molar-refractivity contribution in [3.8, 4) is 0 Å². The lowest BCUT2D eigenvalue weighted by Gasteiger charge is -2.20. The molecule has 0 aromatic carbocycles. The number of methoxy groups -OCH3 is 1. The zero-order chi connectivity index (χ0) is 14.7. The Hall–Kier alpha value is -1.34. The van der Waals surface area contributed by atoms with Crippen LogP contribution in [0.3, 0.4) is 0 Å². The molecule has 0 aromatic heterocycles. The molecule has 0 saturated carbocycles. The summed E-state index contributed by atoms with van der Waals surface area (Å²) < 4.78 is 9.96. The summed E-state index contributed by atoms with van der Waals surface area (Å²) in [6, 6.07) is -1.37. The van der Waals surface area contributed by atoms with Crippen molar-refractivity contribution >= 4 is 12.0 Å². The molecular weight excluding hydrogens is 252 g/mol.